The monoisotopic (exact) mass is 691 g/mol. The molecule has 2 aliphatic heterocycles. The number of carbonyl (C=O) groups excluding carboxylic acids is 2. The van der Waals surface area contributed by atoms with E-state index in [1.165, 1.54) is 12.5 Å². The van der Waals surface area contributed by atoms with E-state index in [9.17, 15) is 14.7 Å². The van der Waals surface area contributed by atoms with Crippen LogP contribution in [0.5, 0.6) is 0 Å². The zero-order valence-corrected chi connectivity index (χ0v) is 29.7. The van der Waals surface area contributed by atoms with E-state index in [1.807, 2.05) is 36.4 Å². The Bertz CT molecular complexity index is 1720. The molecular formula is C42H49N3O6. The fourth-order valence-electron chi connectivity index (χ4n) is 6.88. The second kappa shape index (κ2) is 17.2. The molecule has 51 heavy (non-hydrogen) atoms. The summed E-state index contributed by atoms with van der Waals surface area (Å²) < 4.78 is 18.5. The second-order valence-corrected chi connectivity index (χ2v) is 13.7. The van der Waals surface area contributed by atoms with Crippen molar-refractivity contribution in [2.75, 3.05) is 32.7 Å². The van der Waals surface area contributed by atoms with E-state index in [4.69, 9.17) is 14.2 Å². The van der Waals surface area contributed by atoms with E-state index in [1.54, 1.807) is 6.92 Å². The molecule has 0 bridgehead atoms. The van der Waals surface area contributed by atoms with Gasteiger partial charge in [-0.2, -0.15) is 0 Å². The quantitative estimate of drug-likeness (QED) is 0.174. The molecule has 4 aromatic rings. The molecule has 0 unspecified atom stereocenters. The van der Waals surface area contributed by atoms with Crippen LogP contribution >= 0.6 is 0 Å². The van der Waals surface area contributed by atoms with Gasteiger partial charge >= 0.3 is 5.97 Å². The fraction of sp³-hybridized carbons (Fsp3) is 0.381. The number of benzene rings is 4. The number of nitrogens with zero attached hydrogens (tertiary/aromatic N) is 2. The summed E-state index contributed by atoms with van der Waals surface area (Å²) >= 11 is 0. The van der Waals surface area contributed by atoms with Crippen LogP contribution in [-0.4, -0.2) is 71.7 Å². The average molecular weight is 692 g/mol. The lowest BCUT2D eigenvalue weighted by atomic mass is 9.89. The van der Waals surface area contributed by atoms with Gasteiger partial charge in [-0.25, -0.2) is 0 Å². The van der Waals surface area contributed by atoms with Crippen LogP contribution < -0.4 is 5.32 Å². The molecule has 2 aliphatic rings. The van der Waals surface area contributed by atoms with Crippen molar-refractivity contribution in [3.05, 3.63) is 131 Å². The highest BCUT2D eigenvalue weighted by atomic mass is 16.7. The van der Waals surface area contributed by atoms with Crippen LogP contribution in [0.1, 0.15) is 61.0 Å². The van der Waals surface area contributed by atoms with Gasteiger partial charge in [-0.05, 0) is 46.4 Å². The lowest BCUT2D eigenvalue weighted by Crippen LogP contribution is -2.51. The molecule has 2 heterocycles. The minimum atomic E-state index is -0.848. The van der Waals surface area contributed by atoms with Crippen molar-refractivity contribution < 1.29 is 28.9 Å². The first-order chi connectivity index (χ1) is 24.7. The van der Waals surface area contributed by atoms with Gasteiger partial charge in [0.15, 0.2) is 12.4 Å². The molecule has 6 rings (SSSR count). The van der Waals surface area contributed by atoms with E-state index in [2.05, 4.69) is 88.8 Å². The van der Waals surface area contributed by atoms with Gasteiger partial charge in [0.2, 0.25) is 0 Å². The number of piperazine rings is 1. The highest BCUT2D eigenvalue weighted by molar-refractivity contribution is 5.82. The molecule has 0 radical (unpaired) electrons. The molecule has 0 saturated carbocycles. The predicted molar refractivity (Wildman–Crippen MR) is 196 cm³/mol. The second-order valence-electron chi connectivity index (χ2n) is 13.7. The van der Waals surface area contributed by atoms with Crippen LogP contribution in [0.4, 0.5) is 0 Å². The van der Waals surface area contributed by atoms with Gasteiger partial charge in [-0.15, -0.1) is 0 Å². The maximum absolute atomic E-state index is 12.3. The van der Waals surface area contributed by atoms with Gasteiger partial charge in [0.1, 0.15) is 0 Å². The van der Waals surface area contributed by atoms with Crippen LogP contribution in [0.2, 0.25) is 0 Å². The SMILES string of the molecule is CC(=O)O[C@@H](C)C(=O)NCc1cccc(-c2ccc([C@@H]3O[C@H](CN4CCN(Cc5ccccc5)CC4)[C@H](C)[C@H](c4ccc(CO)cc4)O3)cc2)c1. The summed E-state index contributed by atoms with van der Waals surface area (Å²) in [5.74, 6) is -0.714. The Morgan fingerprint density at radius 3 is 2.16 bits per heavy atom. The topological polar surface area (TPSA) is 101 Å². The first kappa shape index (κ1) is 36.4. The van der Waals surface area contributed by atoms with Crippen molar-refractivity contribution in [3.8, 4) is 11.1 Å². The van der Waals surface area contributed by atoms with Gasteiger partial charge in [-0.3, -0.25) is 19.4 Å². The number of rotatable bonds is 12. The van der Waals surface area contributed by atoms with Gasteiger partial charge < -0.3 is 24.6 Å². The number of nitrogens with one attached hydrogen (secondary N) is 1. The lowest BCUT2D eigenvalue weighted by molar-refractivity contribution is -0.276. The number of amides is 1. The highest BCUT2D eigenvalue weighted by Gasteiger charge is 2.39. The minimum absolute atomic E-state index is 0.00511. The Balaban J connectivity index is 1.13. The lowest BCUT2D eigenvalue weighted by Gasteiger charge is -2.44. The highest BCUT2D eigenvalue weighted by Crippen LogP contribution is 2.42. The van der Waals surface area contributed by atoms with Crippen molar-refractivity contribution in [1.82, 2.24) is 15.1 Å². The number of aliphatic hydroxyl groups is 1. The van der Waals surface area contributed by atoms with Crippen LogP contribution in [0, 0.1) is 5.92 Å². The summed E-state index contributed by atoms with van der Waals surface area (Å²) in [6.45, 7) is 11.2. The van der Waals surface area contributed by atoms with Crippen molar-refractivity contribution in [1.29, 1.82) is 0 Å². The van der Waals surface area contributed by atoms with Crippen molar-refractivity contribution in [2.24, 2.45) is 5.92 Å². The van der Waals surface area contributed by atoms with Crippen molar-refractivity contribution >= 4 is 11.9 Å². The van der Waals surface area contributed by atoms with Crippen LogP contribution in [0.15, 0.2) is 103 Å². The Kier molecular flexibility index (Phi) is 12.3. The van der Waals surface area contributed by atoms with Crippen LogP contribution in [-0.2, 0) is 43.5 Å². The maximum Gasteiger partial charge on any atom is 0.303 e. The number of carbonyl (C=O) groups is 2. The van der Waals surface area contributed by atoms with E-state index >= 15 is 0 Å². The number of ether oxygens (including phenoxy) is 3. The molecule has 9 nitrogen and oxygen atoms in total. The first-order valence-electron chi connectivity index (χ1n) is 17.9. The van der Waals surface area contributed by atoms with Gasteiger partial charge in [0.25, 0.3) is 5.91 Å². The minimum Gasteiger partial charge on any atom is -0.453 e. The molecule has 9 heteroatoms. The number of hydrogen-bond acceptors (Lipinski definition) is 8. The average Bonchev–Trinajstić information content (AvgIpc) is 3.16. The van der Waals surface area contributed by atoms with E-state index in [0.717, 1.165) is 72.6 Å². The summed E-state index contributed by atoms with van der Waals surface area (Å²) in [6, 6.07) is 35.0. The Labute approximate surface area is 301 Å². The molecule has 0 aromatic heterocycles. The first-order valence-corrected chi connectivity index (χ1v) is 17.9. The molecule has 2 fully saturated rings. The molecule has 4 aromatic carbocycles. The molecule has 0 spiro atoms. The third kappa shape index (κ3) is 9.70. The zero-order chi connectivity index (χ0) is 35.7. The summed E-state index contributed by atoms with van der Waals surface area (Å²) in [6.07, 6.45) is -1.60. The third-order valence-corrected chi connectivity index (χ3v) is 9.90. The smallest absolute Gasteiger partial charge is 0.303 e. The summed E-state index contributed by atoms with van der Waals surface area (Å²) in [4.78, 5) is 28.6. The van der Waals surface area contributed by atoms with Crippen LogP contribution in [0.3, 0.4) is 0 Å². The Hall–Kier alpha value is -4.38. The Morgan fingerprint density at radius 1 is 0.804 bits per heavy atom. The third-order valence-electron chi connectivity index (χ3n) is 9.90. The normalized spacial score (nSPS) is 21.9. The van der Waals surface area contributed by atoms with Gasteiger partial charge in [0.05, 0.1) is 18.8 Å². The van der Waals surface area contributed by atoms with E-state index in [-0.39, 0.29) is 30.6 Å². The van der Waals surface area contributed by atoms with E-state index < -0.39 is 18.4 Å². The molecule has 0 aliphatic carbocycles. The van der Waals surface area contributed by atoms with Gasteiger partial charge in [-0.1, -0.05) is 104 Å². The summed E-state index contributed by atoms with van der Waals surface area (Å²) in [5, 5.41) is 12.5. The molecule has 1 amide bonds. The zero-order valence-electron chi connectivity index (χ0n) is 29.7. The number of esters is 1. The molecule has 5 atom stereocenters. The summed E-state index contributed by atoms with van der Waals surface area (Å²) in [5.41, 5.74) is 7.24. The fourth-order valence-corrected chi connectivity index (χ4v) is 6.88. The van der Waals surface area contributed by atoms with Gasteiger partial charge in [0, 0.05) is 64.2 Å². The molecule has 2 N–H and O–H groups in total. The van der Waals surface area contributed by atoms with Crippen molar-refractivity contribution in [2.45, 2.75) is 65.1 Å². The molecule has 268 valence electrons. The molecule has 2 saturated heterocycles. The standard InChI is InChI=1S/C42H49N3O6/c1-29-39(27-45-22-20-44(21-23-45)26-32-8-5-4-6-9-32)50-42(51-40(29)36-14-12-33(28-46)13-15-36)37-18-16-35(17-19-37)38-11-7-10-34(24-38)25-43-41(48)30(2)49-31(3)47/h4-19,24,29-30,39-40,42,46H,20-23,25-28H2,1-3H3,(H,43,48)/t29-,30-,39+,40+,42+/m0/s1. The summed E-state index contributed by atoms with van der Waals surface area (Å²) in [7, 11) is 0. The predicted octanol–water partition coefficient (Wildman–Crippen LogP) is 6.02. The van der Waals surface area contributed by atoms with E-state index in [0.29, 0.717) is 6.54 Å². The Morgan fingerprint density at radius 2 is 1.47 bits per heavy atom. The molecular weight excluding hydrogens is 642 g/mol. The van der Waals surface area contributed by atoms with Crippen molar-refractivity contribution in [3.63, 3.8) is 0 Å². The maximum atomic E-state index is 12.3. The largest absolute Gasteiger partial charge is 0.453 e. The number of aliphatic hydroxyl groups excluding tert-OH is 1. The number of hydrogen-bond donors (Lipinski definition) is 2. The van der Waals surface area contributed by atoms with Crippen LogP contribution in [0.25, 0.3) is 11.1 Å².